The molecule has 0 aliphatic heterocycles. The van der Waals surface area contributed by atoms with E-state index in [0.717, 1.165) is 0 Å². The Hall–Kier alpha value is -0.370. The van der Waals surface area contributed by atoms with Gasteiger partial charge in [0.15, 0.2) is 0 Å². The van der Waals surface area contributed by atoms with Crippen LogP contribution in [0.15, 0.2) is 0 Å². The van der Waals surface area contributed by atoms with Gasteiger partial charge in [0.05, 0.1) is 32.0 Å². The zero-order valence-corrected chi connectivity index (χ0v) is 11.9. The van der Waals surface area contributed by atoms with E-state index in [1.807, 2.05) is 0 Å². The minimum Gasteiger partial charge on any atom is -0.389 e. The first-order chi connectivity index (χ1) is 8.65. The molecule has 7 heteroatoms. The first-order valence-corrected chi connectivity index (χ1v) is 6.25. The molecule has 0 spiro atoms. The van der Waals surface area contributed by atoms with Crippen molar-refractivity contribution in [3.05, 3.63) is 0 Å². The van der Waals surface area contributed by atoms with Gasteiger partial charge in [-0.2, -0.15) is 13.2 Å². The number of hydrogen-bond donors (Lipinski definition) is 1. The van der Waals surface area contributed by atoms with Crippen molar-refractivity contribution in [2.75, 3.05) is 33.4 Å². The number of methoxy groups -OCH3 is 1. The molecule has 0 saturated heterocycles. The molecule has 2 atom stereocenters. The molecule has 0 rings (SSSR count). The highest BCUT2D eigenvalue weighted by Gasteiger charge is 2.32. The number of aliphatic hydroxyl groups excluding tert-OH is 1. The van der Waals surface area contributed by atoms with Crippen molar-refractivity contribution in [2.24, 2.45) is 0 Å². The second-order valence-corrected chi connectivity index (χ2v) is 4.89. The average Bonchev–Trinajstić information content (AvgIpc) is 2.24. The Morgan fingerprint density at radius 1 is 1.16 bits per heavy atom. The van der Waals surface area contributed by atoms with Crippen LogP contribution in [0.4, 0.5) is 13.2 Å². The van der Waals surface area contributed by atoms with E-state index in [-0.39, 0.29) is 25.3 Å². The summed E-state index contributed by atoms with van der Waals surface area (Å²) in [6, 6.07) is -0.298. The summed E-state index contributed by atoms with van der Waals surface area (Å²) >= 11 is 0. The summed E-state index contributed by atoms with van der Waals surface area (Å²) in [7, 11) is 1.53. The van der Waals surface area contributed by atoms with Gasteiger partial charge >= 0.3 is 6.18 Å². The topological polar surface area (TPSA) is 41.9 Å². The van der Waals surface area contributed by atoms with Crippen molar-refractivity contribution in [1.82, 2.24) is 4.90 Å². The first kappa shape index (κ1) is 18.6. The van der Waals surface area contributed by atoms with E-state index in [1.165, 1.54) is 12.0 Å². The van der Waals surface area contributed by atoms with E-state index in [1.54, 1.807) is 20.8 Å². The van der Waals surface area contributed by atoms with E-state index in [2.05, 4.69) is 0 Å². The Labute approximate surface area is 112 Å². The fourth-order valence-corrected chi connectivity index (χ4v) is 1.57. The largest absolute Gasteiger partial charge is 0.401 e. The minimum absolute atomic E-state index is 0.00833. The van der Waals surface area contributed by atoms with Crippen molar-refractivity contribution < 1.29 is 27.8 Å². The normalized spacial score (nSPS) is 16.1. The quantitative estimate of drug-likeness (QED) is 0.700. The monoisotopic (exact) mass is 287 g/mol. The third kappa shape index (κ3) is 10.1. The van der Waals surface area contributed by atoms with Gasteiger partial charge < -0.3 is 14.6 Å². The molecule has 0 radical (unpaired) electrons. The van der Waals surface area contributed by atoms with Gasteiger partial charge in [0.1, 0.15) is 0 Å². The van der Waals surface area contributed by atoms with Crippen molar-refractivity contribution >= 4 is 0 Å². The molecule has 0 aliphatic carbocycles. The molecule has 2 unspecified atom stereocenters. The number of ether oxygens (including phenoxy) is 2. The Kier molecular flexibility index (Phi) is 8.56. The summed E-state index contributed by atoms with van der Waals surface area (Å²) in [4.78, 5) is 1.18. The maximum absolute atomic E-state index is 12.4. The summed E-state index contributed by atoms with van der Waals surface area (Å²) < 4.78 is 47.2. The first-order valence-electron chi connectivity index (χ1n) is 6.25. The Bertz CT molecular complexity index is 237. The van der Waals surface area contributed by atoms with Gasteiger partial charge in [-0.25, -0.2) is 0 Å². The van der Waals surface area contributed by atoms with E-state index < -0.39 is 18.8 Å². The van der Waals surface area contributed by atoms with Crippen LogP contribution in [-0.2, 0) is 9.47 Å². The SMILES string of the molecule is COCC(C)OCC(O)CN(CC(F)(F)F)C(C)C. The van der Waals surface area contributed by atoms with Crippen LogP contribution >= 0.6 is 0 Å². The maximum Gasteiger partial charge on any atom is 0.401 e. The Morgan fingerprint density at radius 2 is 1.74 bits per heavy atom. The number of nitrogens with zero attached hydrogens (tertiary/aromatic N) is 1. The van der Waals surface area contributed by atoms with E-state index in [9.17, 15) is 18.3 Å². The van der Waals surface area contributed by atoms with Crippen LogP contribution in [0.2, 0.25) is 0 Å². The van der Waals surface area contributed by atoms with Crippen LogP contribution in [-0.4, -0.2) is 67.8 Å². The molecular formula is C12H24F3NO3. The summed E-state index contributed by atoms with van der Waals surface area (Å²) in [5.41, 5.74) is 0. The number of halogens is 3. The lowest BCUT2D eigenvalue weighted by molar-refractivity contribution is -0.154. The molecule has 0 fully saturated rings. The average molecular weight is 287 g/mol. The van der Waals surface area contributed by atoms with Gasteiger partial charge in [0, 0.05) is 19.7 Å². The number of aliphatic hydroxyl groups is 1. The fourth-order valence-electron chi connectivity index (χ4n) is 1.57. The molecule has 1 N–H and O–H groups in total. The van der Waals surface area contributed by atoms with Crippen molar-refractivity contribution in [3.63, 3.8) is 0 Å². The molecule has 0 heterocycles. The van der Waals surface area contributed by atoms with Crippen molar-refractivity contribution in [1.29, 1.82) is 0 Å². The molecule has 0 saturated carbocycles. The molecule has 19 heavy (non-hydrogen) atoms. The van der Waals surface area contributed by atoms with E-state index in [4.69, 9.17) is 9.47 Å². The molecule has 0 aromatic carbocycles. The van der Waals surface area contributed by atoms with Gasteiger partial charge in [-0.15, -0.1) is 0 Å². The third-order valence-corrected chi connectivity index (χ3v) is 2.53. The third-order valence-electron chi connectivity index (χ3n) is 2.53. The lowest BCUT2D eigenvalue weighted by Crippen LogP contribution is -2.44. The zero-order valence-electron chi connectivity index (χ0n) is 11.9. The van der Waals surface area contributed by atoms with Crippen molar-refractivity contribution in [2.45, 2.75) is 45.2 Å². The fraction of sp³-hybridized carbons (Fsp3) is 1.00. The van der Waals surface area contributed by atoms with Crippen molar-refractivity contribution in [3.8, 4) is 0 Å². The Balaban J connectivity index is 4.14. The van der Waals surface area contributed by atoms with Gasteiger partial charge in [-0.05, 0) is 20.8 Å². The smallest absolute Gasteiger partial charge is 0.389 e. The Morgan fingerprint density at radius 3 is 2.16 bits per heavy atom. The lowest BCUT2D eigenvalue weighted by atomic mass is 10.2. The van der Waals surface area contributed by atoms with Crippen LogP contribution in [0, 0.1) is 0 Å². The number of hydrogen-bond acceptors (Lipinski definition) is 4. The van der Waals surface area contributed by atoms with Gasteiger partial charge in [0.2, 0.25) is 0 Å². The second kappa shape index (κ2) is 8.73. The molecule has 0 aromatic heterocycles. The molecule has 0 aliphatic rings. The van der Waals surface area contributed by atoms with Crippen LogP contribution in [0.25, 0.3) is 0 Å². The predicted octanol–water partition coefficient (Wildman–Crippen LogP) is 1.67. The van der Waals surface area contributed by atoms with Crippen LogP contribution in [0.5, 0.6) is 0 Å². The van der Waals surface area contributed by atoms with Gasteiger partial charge in [-0.3, -0.25) is 4.90 Å². The molecule has 0 aromatic rings. The maximum atomic E-state index is 12.4. The summed E-state index contributed by atoms with van der Waals surface area (Å²) in [6.07, 6.45) is -5.42. The molecular weight excluding hydrogens is 263 g/mol. The van der Waals surface area contributed by atoms with E-state index in [0.29, 0.717) is 6.61 Å². The molecule has 0 amide bonds. The lowest BCUT2D eigenvalue weighted by Gasteiger charge is -2.29. The summed E-state index contributed by atoms with van der Waals surface area (Å²) in [5, 5.41) is 9.71. The van der Waals surface area contributed by atoms with Gasteiger partial charge in [-0.1, -0.05) is 0 Å². The standard InChI is InChI=1S/C12H24F3NO3/c1-9(2)16(8-12(13,14)15)5-11(17)7-19-10(3)6-18-4/h9-11,17H,5-8H2,1-4H3. The number of rotatable bonds is 9. The summed E-state index contributed by atoms with van der Waals surface area (Å²) in [5.74, 6) is 0. The molecule has 116 valence electrons. The van der Waals surface area contributed by atoms with Crippen LogP contribution in [0.1, 0.15) is 20.8 Å². The van der Waals surface area contributed by atoms with Crippen LogP contribution in [0.3, 0.4) is 0 Å². The number of alkyl halides is 3. The molecule has 4 nitrogen and oxygen atoms in total. The second-order valence-electron chi connectivity index (χ2n) is 4.89. The predicted molar refractivity (Wildman–Crippen MR) is 66.1 cm³/mol. The zero-order chi connectivity index (χ0) is 15.1. The highest BCUT2D eigenvalue weighted by Crippen LogP contribution is 2.18. The van der Waals surface area contributed by atoms with Crippen LogP contribution < -0.4 is 0 Å². The van der Waals surface area contributed by atoms with E-state index >= 15 is 0 Å². The van der Waals surface area contributed by atoms with Gasteiger partial charge in [0.25, 0.3) is 0 Å². The molecule has 0 bridgehead atoms. The highest BCUT2D eigenvalue weighted by atomic mass is 19.4. The minimum atomic E-state index is -4.27. The summed E-state index contributed by atoms with van der Waals surface area (Å²) in [6.45, 7) is 4.35. The highest BCUT2D eigenvalue weighted by molar-refractivity contribution is 4.71.